The molecule has 0 heterocycles. The van der Waals surface area contributed by atoms with E-state index in [-0.39, 0.29) is 0 Å². The molecule has 0 aromatic heterocycles. The fraction of sp³-hybridized carbons (Fsp3) is 1.00. The van der Waals surface area contributed by atoms with Crippen molar-refractivity contribution in [3.05, 3.63) is 0 Å². The van der Waals surface area contributed by atoms with Crippen LogP contribution in [-0.2, 0) is 0 Å². The van der Waals surface area contributed by atoms with E-state index in [0.29, 0.717) is 6.04 Å². The average Bonchev–Trinajstić information content (AvgIpc) is 2.27. The van der Waals surface area contributed by atoms with E-state index >= 15 is 0 Å². The monoisotopic (exact) mass is 247 g/mol. The van der Waals surface area contributed by atoms with Crippen LogP contribution in [0.15, 0.2) is 0 Å². The number of likely N-dealkylation sites (N-methyl/N-ethyl adjacent to an activating group) is 1. The minimum absolute atomic E-state index is 0.569. The molecule has 0 saturated heterocycles. The highest BCUT2D eigenvalue weighted by Gasteiger charge is 2.14. The molecule has 0 aromatic carbocycles. The minimum atomic E-state index is 0.569. The highest BCUT2D eigenvalue weighted by molar-refractivity contribution is 7.98. The van der Waals surface area contributed by atoms with E-state index in [2.05, 4.69) is 37.1 Å². The molecule has 1 atom stereocenters. The van der Waals surface area contributed by atoms with Gasteiger partial charge in [-0.2, -0.15) is 11.8 Å². The number of rotatable bonds is 10. The minimum Gasteiger partial charge on any atom is -0.329 e. The van der Waals surface area contributed by atoms with Crippen LogP contribution >= 0.6 is 11.8 Å². The molecule has 0 amide bonds. The van der Waals surface area contributed by atoms with Crippen LogP contribution in [0.4, 0.5) is 0 Å². The molecule has 0 aromatic rings. The Morgan fingerprint density at radius 1 is 1.25 bits per heavy atom. The lowest BCUT2D eigenvalue weighted by molar-refractivity contribution is 0.196. The summed E-state index contributed by atoms with van der Waals surface area (Å²) in [5.74, 6) is 1.21. The lowest BCUT2D eigenvalue weighted by Gasteiger charge is -2.30. The third-order valence-electron chi connectivity index (χ3n) is 2.90. The van der Waals surface area contributed by atoms with Crippen LogP contribution in [0.2, 0.25) is 0 Å². The van der Waals surface area contributed by atoms with Gasteiger partial charge in [0.1, 0.15) is 0 Å². The largest absolute Gasteiger partial charge is 0.329 e. The van der Waals surface area contributed by atoms with Gasteiger partial charge in [0, 0.05) is 12.6 Å². The van der Waals surface area contributed by atoms with E-state index in [1.807, 2.05) is 11.8 Å². The van der Waals surface area contributed by atoms with Gasteiger partial charge in [-0.3, -0.25) is 4.90 Å². The van der Waals surface area contributed by atoms with Crippen LogP contribution in [0, 0.1) is 0 Å². The summed E-state index contributed by atoms with van der Waals surface area (Å²) in [6.45, 7) is 6.47. The summed E-state index contributed by atoms with van der Waals surface area (Å²) < 4.78 is 0. The third-order valence-corrected chi connectivity index (χ3v) is 3.54. The fourth-order valence-corrected chi connectivity index (χ4v) is 2.40. The van der Waals surface area contributed by atoms with Crippen molar-refractivity contribution in [3.8, 4) is 0 Å². The number of nitrogens with two attached hydrogens (primary N) is 1. The zero-order chi connectivity index (χ0) is 12.4. The Labute approximate surface area is 106 Å². The topological polar surface area (TPSA) is 32.5 Å². The summed E-state index contributed by atoms with van der Waals surface area (Å²) >= 11 is 1.91. The molecule has 0 aliphatic heterocycles. The number of hydrogen-bond acceptors (Lipinski definition) is 4. The van der Waals surface area contributed by atoms with Crippen molar-refractivity contribution >= 4 is 11.8 Å². The molecule has 4 heteroatoms. The van der Waals surface area contributed by atoms with Crippen molar-refractivity contribution in [2.24, 2.45) is 5.73 Å². The summed E-state index contributed by atoms with van der Waals surface area (Å²) in [5.41, 5.74) is 5.86. The number of thioether (sulfide) groups is 1. The molecule has 1 unspecified atom stereocenters. The molecule has 3 nitrogen and oxygen atoms in total. The van der Waals surface area contributed by atoms with Crippen LogP contribution in [0.25, 0.3) is 0 Å². The quantitative estimate of drug-likeness (QED) is 0.631. The van der Waals surface area contributed by atoms with Crippen molar-refractivity contribution in [1.29, 1.82) is 0 Å². The van der Waals surface area contributed by atoms with E-state index < -0.39 is 0 Å². The SMILES string of the molecule is CCN(CCCN(C)C)C(CN)CCSC. The maximum atomic E-state index is 5.86. The van der Waals surface area contributed by atoms with Crippen molar-refractivity contribution in [1.82, 2.24) is 9.80 Å². The Balaban J connectivity index is 3.91. The fourth-order valence-electron chi connectivity index (χ4n) is 1.89. The van der Waals surface area contributed by atoms with Gasteiger partial charge in [0.15, 0.2) is 0 Å². The van der Waals surface area contributed by atoms with Crippen molar-refractivity contribution < 1.29 is 0 Å². The second-order valence-corrected chi connectivity index (χ2v) is 5.44. The standard InChI is InChI=1S/C12H29N3S/c1-5-15(9-6-8-14(2)3)12(11-13)7-10-16-4/h12H,5-11,13H2,1-4H3. The van der Waals surface area contributed by atoms with Crippen LogP contribution < -0.4 is 5.73 Å². The lowest BCUT2D eigenvalue weighted by atomic mass is 10.2. The number of hydrogen-bond donors (Lipinski definition) is 1. The van der Waals surface area contributed by atoms with E-state index in [9.17, 15) is 0 Å². The molecule has 0 spiro atoms. The Kier molecular flexibility index (Phi) is 10.5. The van der Waals surface area contributed by atoms with Crippen molar-refractivity contribution in [2.75, 3.05) is 52.3 Å². The Hall–Kier alpha value is 0.230. The summed E-state index contributed by atoms with van der Waals surface area (Å²) in [7, 11) is 4.26. The van der Waals surface area contributed by atoms with Crippen LogP contribution in [-0.4, -0.2) is 68.1 Å². The third kappa shape index (κ3) is 7.49. The molecule has 0 aliphatic rings. The zero-order valence-corrected chi connectivity index (χ0v) is 12.2. The second-order valence-electron chi connectivity index (χ2n) is 4.46. The smallest absolute Gasteiger partial charge is 0.0226 e. The first kappa shape index (κ1) is 16.2. The summed E-state index contributed by atoms with van der Waals surface area (Å²) in [6, 6.07) is 0.569. The first-order valence-electron chi connectivity index (χ1n) is 6.23. The van der Waals surface area contributed by atoms with Crippen LogP contribution in [0.1, 0.15) is 19.8 Å². The molecule has 0 aliphatic carbocycles. The van der Waals surface area contributed by atoms with E-state index in [1.165, 1.54) is 25.1 Å². The van der Waals surface area contributed by atoms with Gasteiger partial charge in [-0.15, -0.1) is 0 Å². The highest BCUT2D eigenvalue weighted by atomic mass is 32.2. The Bertz CT molecular complexity index is 153. The maximum Gasteiger partial charge on any atom is 0.0226 e. The molecular weight excluding hydrogens is 218 g/mol. The molecule has 2 N–H and O–H groups in total. The van der Waals surface area contributed by atoms with Gasteiger partial charge in [-0.1, -0.05) is 6.92 Å². The summed E-state index contributed by atoms with van der Waals surface area (Å²) in [4.78, 5) is 4.77. The molecular formula is C12H29N3S. The second kappa shape index (κ2) is 10.4. The van der Waals surface area contributed by atoms with Gasteiger partial charge < -0.3 is 10.6 Å². The average molecular weight is 247 g/mol. The molecule has 0 fully saturated rings. The van der Waals surface area contributed by atoms with Gasteiger partial charge in [-0.05, 0) is 58.6 Å². The van der Waals surface area contributed by atoms with Crippen LogP contribution in [0.5, 0.6) is 0 Å². The van der Waals surface area contributed by atoms with E-state index in [1.54, 1.807) is 0 Å². The molecule has 98 valence electrons. The van der Waals surface area contributed by atoms with Gasteiger partial charge in [0.05, 0.1) is 0 Å². The Morgan fingerprint density at radius 2 is 1.94 bits per heavy atom. The molecule has 0 bridgehead atoms. The van der Waals surface area contributed by atoms with Crippen molar-refractivity contribution in [2.45, 2.75) is 25.8 Å². The van der Waals surface area contributed by atoms with Crippen molar-refractivity contribution in [3.63, 3.8) is 0 Å². The highest BCUT2D eigenvalue weighted by Crippen LogP contribution is 2.08. The zero-order valence-electron chi connectivity index (χ0n) is 11.4. The molecule has 0 rings (SSSR count). The Morgan fingerprint density at radius 3 is 2.38 bits per heavy atom. The summed E-state index contributed by atoms with van der Waals surface area (Å²) in [6.07, 6.45) is 4.61. The maximum absolute atomic E-state index is 5.86. The number of nitrogens with zero attached hydrogens (tertiary/aromatic N) is 2. The van der Waals surface area contributed by atoms with Gasteiger partial charge >= 0.3 is 0 Å². The molecule has 0 radical (unpaired) electrons. The van der Waals surface area contributed by atoms with Gasteiger partial charge in [-0.25, -0.2) is 0 Å². The van der Waals surface area contributed by atoms with Gasteiger partial charge in [0.2, 0.25) is 0 Å². The van der Waals surface area contributed by atoms with E-state index in [4.69, 9.17) is 5.73 Å². The molecule has 0 saturated carbocycles. The normalized spacial score (nSPS) is 13.7. The predicted molar refractivity (Wildman–Crippen MR) is 76.3 cm³/mol. The van der Waals surface area contributed by atoms with Gasteiger partial charge in [0.25, 0.3) is 0 Å². The predicted octanol–water partition coefficient (Wildman–Crippen LogP) is 1.34. The van der Waals surface area contributed by atoms with Crippen LogP contribution in [0.3, 0.4) is 0 Å². The first-order valence-corrected chi connectivity index (χ1v) is 7.62. The first-order chi connectivity index (χ1) is 7.65. The molecule has 16 heavy (non-hydrogen) atoms. The lowest BCUT2D eigenvalue weighted by Crippen LogP contribution is -2.42. The summed E-state index contributed by atoms with van der Waals surface area (Å²) in [5, 5.41) is 0. The van der Waals surface area contributed by atoms with E-state index in [0.717, 1.165) is 19.6 Å².